The first-order valence-corrected chi connectivity index (χ1v) is 7.92. The van der Waals surface area contributed by atoms with Crippen LogP contribution in [0.5, 0.6) is 0 Å². The summed E-state index contributed by atoms with van der Waals surface area (Å²) in [6, 6.07) is 4.84. The zero-order valence-electron chi connectivity index (χ0n) is 12.4. The lowest BCUT2D eigenvalue weighted by Gasteiger charge is -2.22. The molecule has 0 aliphatic heterocycles. The van der Waals surface area contributed by atoms with E-state index < -0.39 is 0 Å². The third-order valence-electron chi connectivity index (χ3n) is 5.24. The molecule has 0 aromatic carbocycles. The van der Waals surface area contributed by atoms with E-state index in [1.54, 1.807) is 0 Å². The van der Waals surface area contributed by atoms with Crippen molar-refractivity contribution in [2.45, 2.75) is 58.4 Å². The predicted molar refractivity (Wildman–Crippen MR) is 80.6 cm³/mol. The number of fused-ring (bicyclic) bond motifs is 1. The van der Waals surface area contributed by atoms with Crippen LogP contribution in [0.4, 0.5) is 5.82 Å². The zero-order valence-corrected chi connectivity index (χ0v) is 12.4. The number of rotatable bonds is 3. The Labute approximate surface area is 121 Å². The first-order valence-electron chi connectivity index (χ1n) is 7.92. The molecule has 0 saturated heterocycles. The number of nitriles is 1. The summed E-state index contributed by atoms with van der Waals surface area (Å²) in [6.07, 6.45) is 7.06. The van der Waals surface area contributed by atoms with E-state index in [4.69, 9.17) is 4.98 Å². The predicted octanol–water partition coefficient (Wildman–Crippen LogP) is 3.68. The maximum atomic E-state index is 9.36. The summed E-state index contributed by atoms with van der Waals surface area (Å²) in [6.45, 7) is 4.61. The third kappa shape index (κ3) is 2.28. The Morgan fingerprint density at radius 2 is 2.25 bits per heavy atom. The lowest BCUT2D eigenvalue weighted by Crippen LogP contribution is -2.25. The van der Waals surface area contributed by atoms with Crippen molar-refractivity contribution in [3.8, 4) is 6.07 Å². The molecule has 3 rings (SSSR count). The number of aromatic nitrogens is 1. The van der Waals surface area contributed by atoms with Crippen LogP contribution < -0.4 is 5.32 Å². The van der Waals surface area contributed by atoms with E-state index in [0.29, 0.717) is 12.0 Å². The van der Waals surface area contributed by atoms with Gasteiger partial charge in [-0.2, -0.15) is 5.26 Å². The Balaban J connectivity index is 1.83. The summed E-state index contributed by atoms with van der Waals surface area (Å²) in [5.74, 6) is 2.30. The average molecular weight is 269 g/mol. The van der Waals surface area contributed by atoms with Gasteiger partial charge in [-0.15, -0.1) is 0 Å². The molecule has 3 nitrogen and oxygen atoms in total. The van der Waals surface area contributed by atoms with E-state index in [2.05, 4.69) is 31.3 Å². The van der Waals surface area contributed by atoms with Crippen molar-refractivity contribution in [1.29, 1.82) is 5.26 Å². The summed E-state index contributed by atoms with van der Waals surface area (Å²) in [5, 5.41) is 12.9. The van der Waals surface area contributed by atoms with Crippen LogP contribution in [-0.4, -0.2) is 11.0 Å². The van der Waals surface area contributed by atoms with Crippen molar-refractivity contribution in [2.75, 3.05) is 5.32 Å². The Morgan fingerprint density at radius 1 is 1.40 bits per heavy atom. The highest BCUT2D eigenvalue weighted by atomic mass is 15.0. The van der Waals surface area contributed by atoms with E-state index in [0.717, 1.165) is 30.1 Å². The van der Waals surface area contributed by atoms with Gasteiger partial charge in [0.1, 0.15) is 11.9 Å². The van der Waals surface area contributed by atoms with Gasteiger partial charge < -0.3 is 5.32 Å². The highest BCUT2D eigenvalue weighted by molar-refractivity contribution is 5.55. The summed E-state index contributed by atoms with van der Waals surface area (Å²) in [4.78, 5) is 4.74. The molecule has 3 atom stereocenters. The molecule has 0 spiro atoms. The minimum absolute atomic E-state index is 0.471. The van der Waals surface area contributed by atoms with Crippen molar-refractivity contribution < 1.29 is 0 Å². The van der Waals surface area contributed by atoms with Crippen LogP contribution >= 0.6 is 0 Å². The molecule has 3 unspecified atom stereocenters. The molecule has 1 aromatic rings. The average Bonchev–Trinajstić information content (AvgIpc) is 3.05. The third-order valence-corrected chi connectivity index (χ3v) is 5.24. The van der Waals surface area contributed by atoms with E-state index in [9.17, 15) is 5.26 Å². The summed E-state index contributed by atoms with van der Waals surface area (Å²) in [7, 11) is 0. The molecule has 0 radical (unpaired) electrons. The summed E-state index contributed by atoms with van der Waals surface area (Å²) >= 11 is 0. The van der Waals surface area contributed by atoms with Crippen molar-refractivity contribution >= 4 is 5.82 Å². The van der Waals surface area contributed by atoms with Crippen LogP contribution in [0.25, 0.3) is 0 Å². The van der Waals surface area contributed by atoms with E-state index in [-0.39, 0.29) is 0 Å². The van der Waals surface area contributed by atoms with Crippen LogP contribution in [0.1, 0.15) is 56.4 Å². The molecule has 1 N–H and O–H groups in total. The molecular formula is C17H23N3. The standard InChI is InChI=1S/C17H23N3/c1-3-12-7-8-15(11(12)2)19-17-14(10-18)9-13-5-4-6-16(13)20-17/h9,11-12,15H,3-8H2,1-2H3,(H,19,20). The van der Waals surface area contributed by atoms with Crippen LogP contribution in [0.15, 0.2) is 6.07 Å². The van der Waals surface area contributed by atoms with Gasteiger partial charge in [-0.25, -0.2) is 4.98 Å². The lowest BCUT2D eigenvalue weighted by molar-refractivity contribution is 0.391. The van der Waals surface area contributed by atoms with Crippen molar-refractivity contribution in [3.63, 3.8) is 0 Å². The minimum Gasteiger partial charge on any atom is -0.366 e. The van der Waals surface area contributed by atoms with Gasteiger partial charge in [0.05, 0.1) is 5.56 Å². The SMILES string of the molecule is CCC1CCC(Nc2nc3c(cc2C#N)CCC3)C1C. The second-order valence-corrected chi connectivity index (χ2v) is 6.31. The van der Waals surface area contributed by atoms with Crippen molar-refractivity contribution in [1.82, 2.24) is 4.98 Å². The monoisotopic (exact) mass is 269 g/mol. The molecule has 3 heteroatoms. The molecule has 1 heterocycles. The van der Waals surface area contributed by atoms with Gasteiger partial charge in [0, 0.05) is 11.7 Å². The normalized spacial score (nSPS) is 28.1. The first kappa shape index (κ1) is 13.4. The number of pyridine rings is 1. The van der Waals surface area contributed by atoms with Gasteiger partial charge in [-0.3, -0.25) is 0 Å². The van der Waals surface area contributed by atoms with Crippen LogP contribution in [0.3, 0.4) is 0 Å². The Hall–Kier alpha value is -1.56. The number of hydrogen-bond acceptors (Lipinski definition) is 3. The fourth-order valence-electron chi connectivity index (χ4n) is 3.87. The minimum atomic E-state index is 0.471. The molecule has 1 saturated carbocycles. The number of nitrogens with one attached hydrogen (secondary N) is 1. The largest absolute Gasteiger partial charge is 0.366 e. The molecule has 0 amide bonds. The fourth-order valence-corrected chi connectivity index (χ4v) is 3.87. The molecular weight excluding hydrogens is 246 g/mol. The Bertz CT molecular complexity index is 544. The second kappa shape index (κ2) is 5.44. The zero-order chi connectivity index (χ0) is 14.1. The number of aryl methyl sites for hydroxylation is 2. The smallest absolute Gasteiger partial charge is 0.144 e. The highest BCUT2D eigenvalue weighted by Gasteiger charge is 2.32. The molecule has 0 bridgehead atoms. The maximum absolute atomic E-state index is 9.36. The topological polar surface area (TPSA) is 48.7 Å². The van der Waals surface area contributed by atoms with E-state index in [1.807, 2.05) is 0 Å². The second-order valence-electron chi connectivity index (χ2n) is 6.31. The van der Waals surface area contributed by atoms with Gasteiger partial charge in [-0.1, -0.05) is 20.3 Å². The molecule has 2 aliphatic rings. The molecule has 20 heavy (non-hydrogen) atoms. The van der Waals surface area contributed by atoms with Crippen LogP contribution in [0.2, 0.25) is 0 Å². The van der Waals surface area contributed by atoms with Crippen molar-refractivity contribution in [3.05, 3.63) is 22.9 Å². The van der Waals surface area contributed by atoms with Gasteiger partial charge in [0.25, 0.3) is 0 Å². The number of anilines is 1. The van der Waals surface area contributed by atoms with Crippen molar-refractivity contribution in [2.24, 2.45) is 11.8 Å². The van der Waals surface area contributed by atoms with Gasteiger partial charge in [0.2, 0.25) is 0 Å². The maximum Gasteiger partial charge on any atom is 0.144 e. The molecule has 2 aliphatic carbocycles. The van der Waals surface area contributed by atoms with Gasteiger partial charge in [-0.05, 0) is 55.6 Å². The van der Waals surface area contributed by atoms with Crippen LogP contribution in [0, 0.1) is 23.2 Å². The van der Waals surface area contributed by atoms with E-state index >= 15 is 0 Å². The first-order chi connectivity index (χ1) is 9.72. The molecule has 1 fully saturated rings. The van der Waals surface area contributed by atoms with Gasteiger partial charge in [0.15, 0.2) is 0 Å². The number of nitrogens with zero attached hydrogens (tertiary/aromatic N) is 2. The Kier molecular flexibility index (Phi) is 3.65. The fraction of sp³-hybridized carbons (Fsp3) is 0.647. The van der Waals surface area contributed by atoms with E-state index in [1.165, 1.54) is 36.9 Å². The molecule has 106 valence electrons. The quantitative estimate of drug-likeness (QED) is 0.910. The highest BCUT2D eigenvalue weighted by Crippen LogP contribution is 2.36. The Morgan fingerprint density at radius 3 is 2.95 bits per heavy atom. The lowest BCUT2D eigenvalue weighted by atomic mass is 9.93. The summed E-state index contributed by atoms with van der Waals surface area (Å²) < 4.78 is 0. The number of hydrogen-bond donors (Lipinski definition) is 1. The van der Waals surface area contributed by atoms with Gasteiger partial charge >= 0.3 is 0 Å². The van der Waals surface area contributed by atoms with Crippen LogP contribution in [-0.2, 0) is 12.8 Å². The summed E-state index contributed by atoms with van der Waals surface area (Å²) in [5.41, 5.74) is 3.19. The molecule has 1 aromatic heterocycles.